The molecule has 0 bridgehead atoms. The number of ether oxygens (including phenoxy) is 1. The Kier molecular flexibility index (Phi) is 13.4. The number of aryl methyl sites for hydroxylation is 1. The number of amides is 3. The van der Waals surface area contributed by atoms with Crippen molar-refractivity contribution in [3.63, 3.8) is 0 Å². The monoisotopic (exact) mass is 999 g/mol. The van der Waals surface area contributed by atoms with Crippen LogP contribution in [0.15, 0.2) is 91.0 Å². The first-order chi connectivity index (χ1) is 35.4. The van der Waals surface area contributed by atoms with Crippen molar-refractivity contribution in [3.8, 4) is 16.9 Å². The quantitative estimate of drug-likeness (QED) is 0.0936. The molecule has 3 aliphatic heterocycles. The van der Waals surface area contributed by atoms with Gasteiger partial charge in [0.15, 0.2) is 10.8 Å². The van der Waals surface area contributed by atoms with Gasteiger partial charge in [0.1, 0.15) is 11.6 Å². The lowest BCUT2D eigenvalue weighted by atomic mass is 9.82. The normalized spacial score (nSPS) is 20.0. The Morgan fingerprint density at radius 1 is 0.849 bits per heavy atom. The van der Waals surface area contributed by atoms with E-state index in [1.807, 2.05) is 102 Å². The molecule has 3 N–H and O–H groups in total. The molecule has 2 atom stereocenters. The zero-order valence-electron chi connectivity index (χ0n) is 41.6. The average molecular weight is 1000 g/mol. The van der Waals surface area contributed by atoms with Gasteiger partial charge in [-0.25, -0.2) is 14.8 Å². The maximum Gasteiger partial charge on any atom is 0.355 e. The zero-order valence-corrected chi connectivity index (χ0v) is 42.4. The summed E-state index contributed by atoms with van der Waals surface area (Å²) in [6.07, 6.45) is 6.95. The van der Waals surface area contributed by atoms with Crippen LogP contribution in [0.3, 0.4) is 0 Å². The lowest BCUT2D eigenvalue weighted by Crippen LogP contribution is -2.47. The largest absolute Gasteiger partial charge is 0.490 e. The number of aromatic nitrogens is 4. The predicted molar refractivity (Wildman–Crippen MR) is 285 cm³/mol. The summed E-state index contributed by atoms with van der Waals surface area (Å²) in [5.74, 6) is 0.299. The lowest BCUT2D eigenvalue weighted by molar-refractivity contribution is -0.134. The number of para-hydroxylation sites is 2. The number of benzene rings is 4. The summed E-state index contributed by atoms with van der Waals surface area (Å²) in [6, 6.07) is 29.4. The van der Waals surface area contributed by atoms with E-state index in [1.54, 1.807) is 0 Å². The van der Waals surface area contributed by atoms with E-state index in [4.69, 9.17) is 14.8 Å². The van der Waals surface area contributed by atoms with E-state index < -0.39 is 11.9 Å². The minimum absolute atomic E-state index is 0.0219. The van der Waals surface area contributed by atoms with Gasteiger partial charge in [-0.3, -0.25) is 34.6 Å². The number of nitrogens with one attached hydrogen (secondary N) is 2. The topological polar surface area (TPSA) is 175 Å². The Morgan fingerprint density at radius 3 is 2.44 bits per heavy atom. The summed E-state index contributed by atoms with van der Waals surface area (Å²) < 4.78 is 9.62. The van der Waals surface area contributed by atoms with Gasteiger partial charge in [0.2, 0.25) is 11.8 Å². The van der Waals surface area contributed by atoms with Crippen LogP contribution >= 0.6 is 11.3 Å². The molecule has 1 saturated carbocycles. The highest BCUT2D eigenvalue weighted by molar-refractivity contribution is 7.22. The van der Waals surface area contributed by atoms with Gasteiger partial charge in [-0.2, -0.15) is 5.10 Å². The van der Waals surface area contributed by atoms with Crippen LogP contribution in [0.5, 0.6) is 5.75 Å². The molecule has 0 spiro atoms. The third kappa shape index (κ3) is 9.89. The number of hydrogen-bond acceptors (Lipinski definition) is 12. The Labute approximate surface area is 428 Å². The van der Waals surface area contributed by atoms with Gasteiger partial charge in [-0.1, -0.05) is 66.8 Å². The standard InChI is InChI=1S/C57H61N9O6S/c1-34(32-64-27-29-65(30-28-64)46-14-7-12-42-51(62-63(3)53(42)46)43-22-24-50(67)60-55(43)69)31-36-17-19-38(20-18-36)72-47-15-8-10-39(35(47)2)40-21-23-49(59-52(40)56(70)71)66-26-25-37-9-6-11-41(44(37)33-66)54(68)61-57-58-45-13-4-5-16-48(45)73-57/h4-16,21,23,34,36,38,43H,17-20,22,24-33H2,1-3H3,(H,70,71)(H,58,61,68)(H,60,67,69)/t34-,36?,38?,43-/m0/s1. The molecule has 7 aromatic rings. The summed E-state index contributed by atoms with van der Waals surface area (Å²) >= 11 is 1.44. The molecule has 2 saturated heterocycles. The minimum Gasteiger partial charge on any atom is -0.490 e. The number of rotatable bonds is 13. The van der Waals surface area contributed by atoms with Crippen LogP contribution in [0.4, 0.5) is 16.6 Å². The molecule has 3 amide bonds. The molecule has 376 valence electrons. The fraction of sp³-hybridized carbons (Fsp3) is 0.386. The molecule has 11 rings (SSSR count). The molecule has 15 nitrogen and oxygen atoms in total. The van der Waals surface area contributed by atoms with Crippen molar-refractivity contribution in [1.29, 1.82) is 0 Å². The number of imide groups is 1. The third-order valence-corrected chi connectivity index (χ3v) is 16.5. The van der Waals surface area contributed by atoms with Crippen molar-refractivity contribution in [3.05, 3.63) is 125 Å². The molecule has 3 aromatic heterocycles. The summed E-state index contributed by atoms with van der Waals surface area (Å²) in [6.45, 7) is 10.3. The number of carboxylic acids is 1. The number of fused-ring (bicyclic) bond motifs is 3. The molecule has 16 heteroatoms. The van der Waals surface area contributed by atoms with Gasteiger partial charge in [0, 0.05) is 75.8 Å². The van der Waals surface area contributed by atoms with Crippen molar-refractivity contribution < 1.29 is 29.0 Å². The zero-order chi connectivity index (χ0) is 50.3. The first kappa shape index (κ1) is 48.1. The molecule has 73 heavy (non-hydrogen) atoms. The Hall–Kier alpha value is -7.17. The SMILES string of the molecule is Cc1c(OC2CCC(C[C@H](C)CN3CCN(c4cccc5c([C@@H]6CCC(=O)NC6=O)nn(C)c45)CC3)CC2)cccc1-c1ccc(N2CCc3cccc(C(=O)Nc4nc5ccccc5s4)c3C2)nc1C(=O)O. The number of pyridine rings is 1. The Morgan fingerprint density at radius 2 is 1.64 bits per heavy atom. The molecule has 0 unspecified atom stereocenters. The van der Waals surface area contributed by atoms with Gasteiger partial charge in [0.05, 0.1) is 39.1 Å². The fourth-order valence-electron chi connectivity index (χ4n) is 11.8. The highest BCUT2D eigenvalue weighted by Crippen LogP contribution is 2.39. The maximum atomic E-state index is 13.7. The van der Waals surface area contributed by atoms with Crippen molar-refractivity contribution in [1.82, 2.24) is 30.0 Å². The van der Waals surface area contributed by atoms with E-state index in [2.05, 4.69) is 44.5 Å². The number of aromatic carboxylic acids is 1. The molecule has 0 radical (unpaired) electrons. The van der Waals surface area contributed by atoms with E-state index in [1.165, 1.54) is 17.8 Å². The third-order valence-electron chi connectivity index (χ3n) is 15.6. The lowest BCUT2D eigenvalue weighted by Gasteiger charge is -2.38. The second kappa shape index (κ2) is 20.4. The molecular weight excluding hydrogens is 939 g/mol. The average Bonchev–Trinajstić information content (AvgIpc) is 3.97. The van der Waals surface area contributed by atoms with Gasteiger partial charge >= 0.3 is 5.97 Å². The number of anilines is 3. The molecule has 1 aliphatic carbocycles. The number of hydrogen-bond donors (Lipinski definition) is 3. The summed E-state index contributed by atoms with van der Waals surface area (Å²) in [5, 5.41) is 22.4. The van der Waals surface area contributed by atoms with Crippen molar-refractivity contribution in [2.24, 2.45) is 18.9 Å². The van der Waals surface area contributed by atoms with Gasteiger partial charge < -0.3 is 19.6 Å². The number of carbonyl (C=O) groups excluding carboxylic acids is 3. The molecular formula is C57H61N9O6S. The summed E-state index contributed by atoms with van der Waals surface area (Å²) in [5.41, 5.74) is 8.49. The van der Waals surface area contributed by atoms with E-state index in [9.17, 15) is 24.3 Å². The molecule has 4 aromatic carbocycles. The minimum atomic E-state index is -1.10. The second-order valence-corrected chi connectivity index (χ2v) is 21.5. The van der Waals surface area contributed by atoms with Crippen LogP contribution in [-0.2, 0) is 29.6 Å². The Bertz CT molecular complexity index is 3230. The highest BCUT2D eigenvalue weighted by atomic mass is 32.1. The van der Waals surface area contributed by atoms with Crippen LogP contribution in [0, 0.1) is 18.8 Å². The predicted octanol–water partition coefficient (Wildman–Crippen LogP) is 9.37. The van der Waals surface area contributed by atoms with Crippen molar-refractivity contribution >= 4 is 72.8 Å². The van der Waals surface area contributed by atoms with Crippen LogP contribution in [0.2, 0.25) is 0 Å². The Balaban J connectivity index is 0.681. The van der Waals surface area contributed by atoms with Gasteiger partial charge in [0.25, 0.3) is 5.91 Å². The van der Waals surface area contributed by atoms with Crippen molar-refractivity contribution in [2.45, 2.75) is 83.8 Å². The number of carbonyl (C=O) groups is 4. The second-order valence-electron chi connectivity index (χ2n) is 20.4. The van der Waals surface area contributed by atoms with E-state index in [0.29, 0.717) is 66.3 Å². The summed E-state index contributed by atoms with van der Waals surface area (Å²) in [4.78, 5) is 67.6. The first-order valence-corrected chi connectivity index (χ1v) is 26.6. The fourth-order valence-corrected chi connectivity index (χ4v) is 12.7. The van der Waals surface area contributed by atoms with Crippen LogP contribution in [0.1, 0.15) is 101 Å². The number of piperidine rings is 1. The molecule has 4 aliphatic rings. The van der Waals surface area contributed by atoms with Gasteiger partial charge in [-0.05, 0) is 128 Å². The first-order valence-electron chi connectivity index (χ1n) is 25.7. The smallest absolute Gasteiger partial charge is 0.355 e. The van der Waals surface area contributed by atoms with Crippen LogP contribution in [-0.4, -0.2) is 98.8 Å². The molecule has 3 fully saturated rings. The number of piperazine rings is 1. The number of nitrogens with zero attached hydrogens (tertiary/aromatic N) is 7. The van der Waals surface area contributed by atoms with Crippen LogP contribution < -0.4 is 25.2 Å². The van der Waals surface area contributed by atoms with E-state index in [-0.39, 0.29) is 29.5 Å². The van der Waals surface area contributed by atoms with Crippen LogP contribution in [0.25, 0.3) is 32.2 Å². The van der Waals surface area contributed by atoms with Gasteiger partial charge in [-0.15, -0.1) is 0 Å². The van der Waals surface area contributed by atoms with E-state index >= 15 is 0 Å². The van der Waals surface area contributed by atoms with Crippen molar-refractivity contribution in [2.75, 3.05) is 54.4 Å². The summed E-state index contributed by atoms with van der Waals surface area (Å²) in [7, 11) is 1.94. The number of thiazole rings is 1. The maximum absolute atomic E-state index is 13.7. The van der Waals surface area contributed by atoms with E-state index in [0.717, 1.165) is 119 Å². The highest BCUT2D eigenvalue weighted by Gasteiger charge is 2.34. The molecule has 6 heterocycles. The number of carboxylic acid groups (broad SMARTS) is 1.